The Hall–Kier alpha value is -2.96. The average Bonchev–Trinajstić information content (AvgIpc) is 3.00. The van der Waals surface area contributed by atoms with E-state index in [4.69, 9.17) is 0 Å². The van der Waals surface area contributed by atoms with Crippen LogP contribution in [0.4, 0.5) is 4.39 Å². The van der Waals surface area contributed by atoms with Crippen molar-refractivity contribution >= 4 is 16.9 Å². The fourth-order valence-electron chi connectivity index (χ4n) is 3.09. The number of benzene rings is 1. The SMILES string of the molecule is CC1=C(C#N)C(c2ccc(F)cc2C#N)C(c2nc(C)cs2)=C(C)N1. The van der Waals surface area contributed by atoms with E-state index >= 15 is 0 Å². The van der Waals surface area contributed by atoms with Gasteiger partial charge < -0.3 is 5.32 Å². The molecule has 0 bridgehead atoms. The Morgan fingerprint density at radius 2 is 1.92 bits per heavy atom. The molecule has 1 aromatic heterocycles. The Morgan fingerprint density at radius 1 is 1.16 bits per heavy atom. The predicted octanol–water partition coefficient (Wildman–Crippen LogP) is 4.38. The lowest BCUT2D eigenvalue weighted by atomic mass is 9.79. The number of rotatable bonds is 2. The van der Waals surface area contributed by atoms with Crippen LogP contribution in [0.5, 0.6) is 0 Å². The van der Waals surface area contributed by atoms with Crippen molar-refractivity contribution in [3.63, 3.8) is 0 Å². The number of hydrogen-bond donors (Lipinski definition) is 1. The minimum atomic E-state index is -0.471. The molecule has 0 saturated carbocycles. The van der Waals surface area contributed by atoms with E-state index in [2.05, 4.69) is 22.4 Å². The van der Waals surface area contributed by atoms with Crippen LogP contribution in [0.2, 0.25) is 0 Å². The molecule has 1 atom stereocenters. The van der Waals surface area contributed by atoms with Crippen LogP contribution in [0.15, 0.2) is 40.5 Å². The second-order valence-corrected chi connectivity index (χ2v) is 6.74. The lowest BCUT2D eigenvalue weighted by molar-refractivity contribution is 0.626. The van der Waals surface area contributed by atoms with Crippen molar-refractivity contribution in [3.8, 4) is 12.1 Å². The minimum Gasteiger partial charge on any atom is -0.362 e. The fourth-order valence-corrected chi connectivity index (χ4v) is 4.02. The summed E-state index contributed by atoms with van der Waals surface area (Å²) >= 11 is 1.49. The van der Waals surface area contributed by atoms with E-state index in [-0.39, 0.29) is 5.56 Å². The van der Waals surface area contributed by atoms with Crippen molar-refractivity contribution in [1.29, 1.82) is 10.5 Å². The second-order valence-electron chi connectivity index (χ2n) is 5.88. The topological polar surface area (TPSA) is 72.5 Å². The Balaban J connectivity index is 2.29. The average molecular weight is 350 g/mol. The molecule has 124 valence electrons. The lowest BCUT2D eigenvalue weighted by Gasteiger charge is -2.29. The summed E-state index contributed by atoms with van der Waals surface area (Å²) in [4.78, 5) is 4.56. The van der Waals surface area contributed by atoms with E-state index in [1.165, 1.54) is 23.5 Å². The van der Waals surface area contributed by atoms with E-state index in [0.717, 1.165) is 27.7 Å². The van der Waals surface area contributed by atoms with Gasteiger partial charge in [0.25, 0.3) is 0 Å². The van der Waals surface area contributed by atoms with E-state index < -0.39 is 11.7 Å². The maximum absolute atomic E-state index is 13.6. The molecule has 4 nitrogen and oxygen atoms in total. The third-order valence-electron chi connectivity index (χ3n) is 4.18. The first-order valence-electron chi connectivity index (χ1n) is 7.67. The highest BCUT2D eigenvalue weighted by Crippen LogP contribution is 2.44. The summed E-state index contributed by atoms with van der Waals surface area (Å²) in [7, 11) is 0. The largest absolute Gasteiger partial charge is 0.362 e. The number of thiazole rings is 1. The van der Waals surface area contributed by atoms with Crippen molar-refractivity contribution in [3.05, 3.63) is 68.2 Å². The van der Waals surface area contributed by atoms with Crippen LogP contribution in [-0.2, 0) is 0 Å². The predicted molar refractivity (Wildman–Crippen MR) is 94.7 cm³/mol. The lowest BCUT2D eigenvalue weighted by Crippen LogP contribution is -2.23. The molecule has 6 heteroatoms. The van der Waals surface area contributed by atoms with Crippen LogP contribution in [0.3, 0.4) is 0 Å². The molecule has 0 aliphatic carbocycles. The minimum absolute atomic E-state index is 0.228. The molecule has 25 heavy (non-hydrogen) atoms. The molecule has 1 aliphatic heterocycles. The molecule has 0 fully saturated rings. The van der Waals surface area contributed by atoms with Gasteiger partial charge in [-0.05, 0) is 38.5 Å². The first-order chi connectivity index (χ1) is 12.0. The summed E-state index contributed by atoms with van der Waals surface area (Å²) < 4.78 is 13.6. The maximum atomic E-state index is 13.6. The summed E-state index contributed by atoms with van der Waals surface area (Å²) in [5.41, 5.74) is 4.71. The van der Waals surface area contributed by atoms with E-state index in [0.29, 0.717) is 11.1 Å². The third kappa shape index (κ3) is 2.93. The van der Waals surface area contributed by atoms with Gasteiger partial charge in [0.2, 0.25) is 0 Å². The fraction of sp³-hybridized carbons (Fsp3) is 0.211. The Labute approximate surface area is 149 Å². The van der Waals surface area contributed by atoms with Crippen LogP contribution in [-0.4, -0.2) is 4.98 Å². The first kappa shape index (κ1) is 16.9. The summed E-state index contributed by atoms with van der Waals surface area (Å²) in [5, 5.41) is 25.2. The highest BCUT2D eigenvalue weighted by atomic mass is 32.1. The number of dihydropyridines is 1. The summed E-state index contributed by atoms with van der Waals surface area (Å²) in [6, 6.07) is 8.42. The van der Waals surface area contributed by atoms with Gasteiger partial charge in [0.1, 0.15) is 10.8 Å². The van der Waals surface area contributed by atoms with Crippen LogP contribution in [0.25, 0.3) is 5.57 Å². The zero-order valence-electron chi connectivity index (χ0n) is 14.0. The highest BCUT2D eigenvalue weighted by Gasteiger charge is 2.33. The standard InChI is InChI=1S/C19H15FN4S/c1-10-9-25-19(23-10)17-12(3)24-11(2)16(8-22)18(17)15-5-4-14(20)6-13(15)7-21/h4-6,9,18,24H,1-3H3. The molecule has 2 aromatic rings. The Kier molecular flexibility index (Phi) is 4.39. The van der Waals surface area contributed by atoms with Crippen LogP contribution in [0.1, 0.15) is 41.6 Å². The molecular formula is C19H15FN4S. The third-order valence-corrected chi connectivity index (χ3v) is 5.17. The molecule has 1 unspecified atom stereocenters. The Morgan fingerprint density at radius 3 is 2.52 bits per heavy atom. The van der Waals surface area contributed by atoms with Crippen LogP contribution in [0, 0.1) is 35.4 Å². The van der Waals surface area contributed by atoms with E-state index in [1.54, 1.807) is 6.07 Å². The number of nitrogens with one attached hydrogen (secondary N) is 1. The number of aryl methyl sites for hydroxylation is 1. The van der Waals surface area contributed by atoms with Crippen molar-refractivity contribution in [2.75, 3.05) is 0 Å². The summed E-state index contributed by atoms with van der Waals surface area (Å²) in [5.74, 6) is -0.923. The van der Waals surface area contributed by atoms with Crippen molar-refractivity contribution in [1.82, 2.24) is 10.3 Å². The number of aromatic nitrogens is 1. The van der Waals surface area contributed by atoms with Gasteiger partial charge in [0, 0.05) is 28.0 Å². The number of halogens is 1. The number of hydrogen-bond acceptors (Lipinski definition) is 5. The van der Waals surface area contributed by atoms with Crippen molar-refractivity contribution in [2.24, 2.45) is 0 Å². The first-order valence-corrected chi connectivity index (χ1v) is 8.55. The molecule has 2 heterocycles. The molecule has 3 rings (SSSR count). The zero-order chi connectivity index (χ0) is 18.1. The van der Waals surface area contributed by atoms with Gasteiger partial charge in [0.05, 0.1) is 29.2 Å². The smallest absolute Gasteiger partial charge is 0.124 e. The Bertz CT molecular complexity index is 1000. The van der Waals surface area contributed by atoms with Crippen molar-refractivity contribution < 1.29 is 4.39 Å². The quantitative estimate of drug-likeness (QED) is 0.872. The molecule has 0 saturated heterocycles. The normalized spacial score (nSPS) is 17.1. The summed E-state index contributed by atoms with van der Waals surface area (Å²) in [6.07, 6.45) is 0. The van der Waals surface area contributed by atoms with E-state index in [9.17, 15) is 14.9 Å². The van der Waals surface area contributed by atoms with Gasteiger partial charge in [-0.25, -0.2) is 9.37 Å². The number of nitrogens with zero attached hydrogens (tertiary/aromatic N) is 3. The van der Waals surface area contributed by atoms with Crippen LogP contribution < -0.4 is 5.32 Å². The number of allylic oxidation sites excluding steroid dienone is 4. The van der Waals surface area contributed by atoms with Gasteiger partial charge >= 0.3 is 0 Å². The second kappa shape index (κ2) is 6.51. The monoisotopic (exact) mass is 350 g/mol. The van der Waals surface area contributed by atoms with Gasteiger partial charge in [-0.1, -0.05) is 6.07 Å². The van der Waals surface area contributed by atoms with E-state index in [1.807, 2.05) is 26.2 Å². The van der Waals surface area contributed by atoms with Gasteiger partial charge in [-0.2, -0.15) is 10.5 Å². The van der Waals surface area contributed by atoms with Gasteiger partial charge in [-0.3, -0.25) is 0 Å². The summed E-state index contributed by atoms with van der Waals surface area (Å²) in [6.45, 7) is 5.66. The molecule has 1 aliphatic rings. The van der Waals surface area contributed by atoms with Gasteiger partial charge in [-0.15, -0.1) is 11.3 Å². The number of nitriles is 2. The maximum Gasteiger partial charge on any atom is 0.124 e. The molecular weight excluding hydrogens is 335 g/mol. The van der Waals surface area contributed by atoms with Gasteiger partial charge in [0.15, 0.2) is 0 Å². The highest BCUT2D eigenvalue weighted by molar-refractivity contribution is 7.10. The molecule has 0 spiro atoms. The van der Waals surface area contributed by atoms with Crippen molar-refractivity contribution in [2.45, 2.75) is 26.7 Å². The zero-order valence-corrected chi connectivity index (χ0v) is 14.8. The molecule has 0 radical (unpaired) electrons. The molecule has 1 aromatic carbocycles. The van der Waals surface area contributed by atoms with Crippen LogP contribution >= 0.6 is 11.3 Å². The molecule has 0 amide bonds. The molecule has 1 N–H and O–H groups in total.